The van der Waals surface area contributed by atoms with Crippen LogP contribution in [0.1, 0.15) is 23.7 Å². The quantitative estimate of drug-likeness (QED) is 0.855. The summed E-state index contributed by atoms with van der Waals surface area (Å²) in [7, 11) is 1.59. The average molecular weight is 285 g/mol. The highest BCUT2D eigenvalue weighted by molar-refractivity contribution is 6.07. The van der Waals surface area contributed by atoms with Crippen LogP contribution >= 0.6 is 0 Å². The van der Waals surface area contributed by atoms with Gasteiger partial charge in [-0.15, -0.1) is 0 Å². The second-order valence-electron chi connectivity index (χ2n) is 4.53. The molecule has 110 valence electrons. The molecule has 2 aromatic rings. The van der Waals surface area contributed by atoms with Gasteiger partial charge in [-0.05, 0) is 24.6 Å². The standard InChI is InChI=1S/C16H19N3O2/c1-3-8-18-15-7-9-17-11-14(15)16(20)19-12-5-4-6-13(10-12)21-2/h4-7,9-11H,3,8H2,1-2H3,(H,17,18)(H,19,20). The van der Waals surface area contributed by atoms with Crippen LogP contribution in [0.25, 0.3) is 0 Å². The van der Waals surface area contributed by atoms with E-state index < -0.39 is 0 Å². The van der Waals surface area contributed by atoms with Crippen LogP contribution < -0.4 is 15.4 Å². The Morgan fingerprint density at radius 1 is 1.33 bits per heavy atom. The molecule has 0 atom stereocenters. The van der Waals surface area contributed by atoms with Gasteiger partial charge < -0.3 is 15.4 Å². The summed E-state index contributed by atoms with van der Waals surface area (Å²) in [4.78, 5) is 16.4. The highest BCUT2D eigenvalue weighted by atomic mass is 16.5. The summed E-state index contributed by atoms with van der Waals surface area (Å²) in [5.74, 6) is 0.498. The van der Waals surface area contributed by atoms with Gasteiger partial charge in [-0.2, -0.15) is 0 Å². The van der Waals surface area contributed by atoms with Crippen LogP contribution in [-0.4, -0.2) is 24.5 Å². The summed E-state index contributed by atoms with van der Waals surface area (Å²) < 4.78 is 5.14. The summed E-state index contributed by atoms with van der Waals surface area (Å²) in [5, 5.41) is 6.08. The number of aromatic nitrogens is 1. The number of benzene rings is 1. The smallest absolute Gasteiger partial charge is 0.259 e. The van der Waals surface area contributed by atoms with E-state index in [0.29, 0.717) is 17.0 Å². The van der Waals surface area contributed by atoms with E-state index in [4.69, 9.17) is 4.74 Å². The molecule has 2 rings (SSSR count). The first-order valence-electron chi connectivity index (χ1n) is 6.88. The molecule has 2 N–H and O–H groups in total. The van der Waals surface area contributed by atoms with Crippen LogP contribution in [-0.2, 0) is 0 Å². The number of carbonyl (C=O) groups is 1. The molecule has 0 saturated heterocycles. The van der Waals surface area contributed by atoms with Gasteiger partial charge in [-0.25, -0.2) is 0 Å². The van der Waals surface area contributed by atoms with Crippen molar-refractivity contribution in [1.82, 2.24) is 4.98 Å². The molecule has 1 aromatic carbocycles. The second-order valence-corrected chi connectivity index (χ2v) is 4.53. The van der Waals surface area contributed by atoms with Crippen molar-refractivity contribution >= 4 is 17.3 Å². The second kappa shape index (κ2) is 7.28. The van der Waals surface area contributed by atoms with E-state index in [0.717, 1.165) is 18.7 Å². The number of nitrogens with zero attached hydrogens (tertiary/aromatic N) is 1. The number of anilines is 2. The minimum atomic E-state index is -0.199. The van der Waals surface area contributed by atoms with Crippen molar-refractivity contribution in [2.45, 2.75) is 13.3 Å². The van der Waals surface area contributed by atoms with E-state index >= 15 is 0 Å². The van der Waals surface area contributed by atoms with Crippen molar-refractivity contribution in [3.05, 3.63) is 48.3 Å². The molecular weight excluding hydrogens is 266 g/mol. The van der Waals surface area contributed by atoms with Gasteiger partial charge in [0.1, 0.15) is 5.75 Å². The van der Waals surface area contributed by atoms with Crippen LogP contribution in [0.3, 0.4) is 0 Å². The van der Waals surface area contributed by atoms with Gasteiger partial charge >= 0.3 is 0 Å². The SMILES string of the molecule is CCCNc1ccncc1C(=O)Nc1cccc(OC)c1. The lowest BCUT2D eigenvalue weighted by molar-refractivity contribution is 0.102. The van der Waals surface area contributed by atoms with Crippen molar-refractivity contribution in [3.63, 3.8) is 0 Å². The largest absolute Gasteiger partial charge is 0.497 e. The molecule has 0 bridgehead atoms. The van der Waals surface area contributed by atoms with Crippen molar-refractivity contribution in [2.75, 3.05) is 24.3 Å². The van der Waals surface area contributed by atoms with Crippen molar-refractivity contribution in [2.24, 2.45) is 0 Å². The normalized spacial score (nSPS) is 10.0. The highest BCUT2D eigenvalue weighted by Crippen LogP contribution is 2.19. The van der Waals surface area contributed by atoms with Gasteiger partial charge in [-0.1, -0.05) is 13.0 Å². The van der Waals surface area contributed by atoms with Gasteiger partial charge in [0.25, 0.3) is 5.91 Å². The van der Waals surface area contributed by atoms with E-state index in [9.17, 15) is 4.79 Å². The fourth-order valence-corrected chi connectivity index (χ4v) is 1.89. The fourth-order valence-electron chi connectivity index (χ4n) is 1.89. The fraction of sp³-hybridized carbons (Fsp3) is 0.250. The molecule has 1 amide bonds. The molecule has 0 aliphatic carbocycles. The number of hydrogen-bond acceptors (Lipinski definition) is 4. The Balaban J connectivity index is 2.16. The molecule has 1 heterocycles. The Morgan fingerprint density at radius 2 is 2.19 bits per heavy atom. The third kappa shape index (κ3) is 3.95. The minimum absolute atomic E-state index is 0.199. The number of methoxy groups -OCH3 is 1. The number of amides is 1. The number of pyridine rings is 1. The maximum Gasteiger partial charge on any atom is 0.259 e. The Kier molecular flexibility index (Phi) is 5.15. The summed E-state index contributed by atoms with van der Waals surface area (Å²) in [6, 6.07) is 9.04. The lowest BCUT2D eigenvalue weighted by Gasteiger charge is -2.11. The zero-order valence-corrected chi connectivity index (χ0v) is 12.2. The van der Waals surface area contributed by atoms with E-state index in [1.165, 1.54) is 0 Å². The van der Waals surface area contributed by atoms with Crippen molar-refractivity contribution in [1.29, 1.82) is 0 Å². The lowest BCUT2D eigenvalue weighted by atomic mass is 10.2. The van der Waals surface area contributed by atoms with Gasteiger partial charge in [0.15, 0.2) is 0 Å². The molecule has 0 unspecified atom stereocenters. The topological polar surface area (TPSA) is 63.2 Å². The molecular formula is C16H19N3O2. The van der Waals surface area contributed by atoms with Crippen LogP contribution in [0.2, 0.25) is 0 Å². The van der Waals surface area contributed by atoms with Crippen LogP contribution in [0.5, 0.6) is 5.75 Å². The summed E-state index contributed by atoms with van der Waals surface area (Å²) >= 11 is 0. The third-order valence-corrected chi connectivity index (χ3v) is 2.96. The molecule has 0 aliphatic heterocycles. The van der Waals surface area contributed by atoms with Gasteiger partial charge in [0.05, 0.1) is 18.4 Å². The maximum atomic E-state index is 12.4. The van der Waals surface area contributed by atoms with Crippen LogP contribution in [0.4, 0.5) is 11.4 Å². The Labute approximate surface area is 124 Å². The zero-order valence-electron chi connectivity index (χ0n) is 12.2. The molecule has 5 heteroatoms. The maximum absolute atomic E-state index is 12.4. The summed E-state index contributed by atoms with van der Waals surface area (Å²) in [5.41, 5.74) is 1.99. The molecule has 1 aromatic heterocycles. The molecule has 0 aliphatic rings. The van der Waals surface area contributed by atoms with Gasteiger partial charge in [0, 0.05) is 30.7 Å². The molecule has 0 radical (unpaired) electrons. The number of rotatable bonds is 6. The van der Waals surface area contributed by atoms with Crippen LogP contribution in [0, 0.1) is 0 Å². The van der Waals surface area contributed by atoms with Crippen molar-refractivity contribution in [3.8, 4) is 5.75 Å². The van der Waals surface area contributed by atoms with E-state index in [-0.39, 0.29) is 5.91 Å². The first kappa shape index (κ1) is 14.8. The Bertz CT molecular complexity index is 614. The Hall–Kier alpha value is -2.56. The van der Waals surface area contributed by atoms with E-state index in [2.05, 4.69) is 22.5 Å². The number of carbonyl (C=O) groups excluding carboxylic acids is 1. The minimum Gasteiger partial charge on any atom is -0.497 e. The predicted molar refractivity (Wildman–Crippen MR) is 84.0 cm³/mol. The third-order valence-electron chi connectivity index (χ3n) is 2.96. The summed E-state index contributed by atoms with van der Waals surface area (Å²) in [6.45, 7) is 2.88. The Morgan fingerprint density at radius 3 is 2.95 bits per heavy atom. The highest BCUT2D eigenvalue weighted by Gasteiger charge is 2.11. The van der Waals surface area contributed by atoms with Gasteiger partial charge in [-0.3, -0.25) is 9.78 Å². The zero-order chi connectivity index (χ0) is 15.1. The lowest BCUT2D eigenvalue weighted by Crippen LogP contribution is -2.15. The van der Waals surface area contributed by atoms with Crippen molar-refractivity contribution < 1.29 is 9.53 Å². The first-order valence-corrected chi connectivity index (χ1v) is 6.88. The number of ether oxygens (including phenoxy) is 1. The summed E-state index contributed by atoms with van der Waals surface area (Å²) in [6.07, 6.45) is 4.22. The molecule has 5 nitrogen and oxygen atoms in total. The van der Waals surface area contributed by atoms with Gasteiger partial charge in [0.2, 0.25) is 0 Å². The molecule has 21 heavy (non-hydrogen) atoms. The molecule has 0 saturated carbocycles. The van der Waals surface area contributed by atoms with Crippen LogP contribution in [0.15, 0.2) is 42.7 Å². The molecule has 0 fully saturated rings. The predicted octanol–water partition coefficient (Wildman–Crippen LogP) is 3.16. The monoisotopic (exact) mass is 285 g/mol. The number of hydrogen-bond donors (Lipinski definition) is 2. The van der Waals surface area contributed by atoms with E-state index in [1.54, 1.807) is 31.6 Å². The average Bonchev–Trinajstić information content (AvgIpc) is 2.53. The molecule has 0 spiro atoms. The van der Waals surface area contributed by atoms with E-state index in [1.807, 2.05) is 18.2 Å². The number of nitrogens with one attached hydrogen (secondary N) is 2. The first-order chi connectivity index (χ1) is 10.2.